The van der Waals surface area contributed by atoms with E-state index in [1.807, 2.05) is 39.0 Å². The molecule has 0 unspecified atom stereocenters. The summed E-state index contributed by atoms with van der Waals surface area (Å²) in [4.78, 5) is 26.4. The number of amides is 2. The summed E-state index contributed by atoms with van der Waals surface area (Å²) in [6.45, 7) is 6.46. The molecule has 2 aromatic carbocycles. The largest absolute Gasteiger partial charge is 0.494 e. The maximum atomic E-state index is 12.7. The van der Waals surface area contributed by atoms with E-state index >= 15 is 0 Å². The smallest absolute Gasteiger partial charge is 0.256 e. The molecule has 1 atom stereocenters. The van der Waals surface area contributed by atoms with E-state index in [-0.39, 0.29) is 18.2 Å². The second-order valence-electron chi connectivity index (χ2n) is 6.21. The second-order valence-corrected chi connectivity index (χ2v) is 6.21. The number of rotatable bonds is 5. The lowest BCUT2D eigenvalue weighted by Gasteiger charge is -2.17. The first kappa shape index (κ1) is 17.0. The van der Waals surface area contributed by atoms with E-state index in [4.69, 9.17) is 4.74 Å². The summed E-state index contributed by atoms with van der Waals surface area (Å²) in [5, 5.41) is 3.22. The number of nitrogens with zero attached hydrogens (tertiary/aromatic N) is 1. The molecule has 5 nitrogen and oxygen atoms in total. The summed E-state index contributed by atoms with van der Waals surface area (Å²) in [6.07, 6.45) is 0.152. The molecule has 0 saturated carbocycles. The number of aryl methyl sites for hydroxylation is 2. The Morgan fingerprint density at radius 1 is 1.12 bits per heavy atom. The lowest BCUT2D eigenvalue weighted by Crippen LogP contribution is -2.34. The molecule has 1 heterocycles. The average molecular weight is 338 g/mol. The van der Waals surface area contributed by atoms with Gasteiger partial charge in [-0.3, -0.25) is 9.59 Å². The normalized spacial score (nSPS) is 17.1. The van der Waals surface area contributed by atoms with Crippen molar-refractivity contribution in [1.82, 2.24) is 0 Å². The van der Waals surface area contributed by atoms with Gasteiger partial charge in [-0.05, 0) is 62.2 Å². The molecule has 3 rings (SSSR count). The van der Waals surface area contributed by atoms with Crippen LogP contribution in [0.2, 0.25) is 0 Å². The van der Waals surface area contributed by atoms with Crippen LogP contribution in [0.25, 0.3) is 0 Å². The predicted molar refractivity (Wildman–Crippen MR) is 98.0 cm³/mol. The number of ether oxygens (including phenoxy) is 1. The monoisotopic (exact) mass is 338 g/mol. The van der Waals surface area contributed by atoms with Crippen molar-refractivity contribution < 1.29 is 14.3 Å². The van der Waals surface area contributed by atoms with Gasteiger partial charge in [0.1, 0.15) is 11.8 Å². The lowest BCUT2D eigenvalue weighted by atomic mass is 10.1. The van der Waals surface area contributed by atoms with Crippen LogP contribution in [-0.2, 0) is 9.59 Å². The first-order valence-corrected chi connectivity index (χ1v) is 8.43. The zero-order chi connectivity index (χ0) is 18.0. The summed E-state index contributed by atoms with van der Waals surface area (Å²) in [5.74, 6) is 0.294. The fourth-order valence-corrected chi connectivity index (χ4v) is 2.95. The van der Waals surface area contributed by atoms with Gasteiger partial charge in [-0.2, -0.15) is 0 Å². The van der Waals surface area contributed by atoms with Crippen molar-refractivity contribution in [2.75, 3.05) is 16.8 Å². The van der Waals surface area contributed by atoms with Crippen LogP contribution in [0, 0.1) is 13.8 Å². The third-order valence-electron chi connectivity index (χ3n) is 4.28. The Hall–Kier alpha value is -2.82. The van der Waals surface area contributed by atoms with Crippen LogP contribution in [-0.4, -0.2) is 24.5 Å². The Morgan fingerprint density at radius 2 is 1.84 bits per heavy atom. The molecule has 1 N–H and O–H groups in total. The molecular weight excluding hydrogens is 316 g/mol. The SMILES string of the molecule is CCOc1ccc(N2C(=O)C[C@@H](Nc3cc(C)ccc3C)C2=O)cc1. The zero-order valence-electron chi connectivity index (χ0n) is 14.7. The van der Waals surface area contributed by atoms with Gasteiger partial charge in [0, 0.05) is 5.69 Å². The summed E-state index contributed by atoms with van der Waals surface area (Å²) in [5.41, 5.74) is 3.61. The van der Waals surface area contributed by atoms with E-state index in [2.05, 4.69) is 5.32 Å². The number of hydrogen-bond donors (Lipinski definition) is 1. The van der Waals surface area contributed by atoms with Gasteiger partial charge in [-0.25, -0.2) is 4.90 Å². The van der Waals surface area contributed by atoms with Gasteiger partial charge in [0.25, 0.3) is 5.91 Å². The van der Waals surface area contributed by atoms with Crippen LogP contribution in [0.1, 0.15) is 24.5 Å². The van der Waals surface area contributed by atoms with E-state index in [9.17, 15) is 9.59 Å². The van der Waals surface area contributed by atoms with Crippen LogP contribution in [0.15, 0.2) is 42.5 Å². The topological polar surface area (TPSA) is 58.6 Å². The Morgan fingerprint density at radius 3 is 2.52 bits per heavy atom. The van der Waals surface area contributed by atoms with E-state index in [1.54, 1.807) is 24.3 Å². The van der Waals surface area contributed by atoms with Crippen molar-refractivity contribution in [2.24, 2.45) is 0 Å². The Labute approximate surface area is 147 Å². The van der Waals surface area contributed by atoms with Crippen molar-refractivity contribution in [1.29, 1.82) is 0 Å². The van der Waals surface area contributed by atoms with Gasteiger partial charge < -0.3 is 10.1 Å². The number of nitrogens with one attached hydrogen (secondary N) is 1. The molecule has 0 aromatic heterocycles. The van der Waals surface area contributed by atoms with Crippen LogP contribution >= 0.6 is 0 Å². The van der Waals surface area contributed by atoms with Gasteiger partial charge in [0.2, 0.25) is 5.91 Å². The molecule has 0 bridgehead atoms. The fraction of sp³-hybridized carbons (Fsp3) is 0.300. The van der Waals surface area contributed by atoms with Crippen LogP contribution < -0.4 is 15.0 Å². The molecule has 130 valence electrons. The average Bonchev–Trinajstić information content (AvgIpc) is 2.86. The van der Waals surface area contributed by atoms with Crippen LogP contribution in [0.5, 0.6) is 5.75 Å². The number of carbonyl (C=O) groups excluding carboxylic acids is 2. The van der Waals surface area contributed by atoms with Gasteiger partial charge in [0.15, 0.2) is 0 Å². The highest BCUT2D eigenvalue weighted by Gasteiger charge is 2.39. The summed E-state index contributed by atoms with van der Waals surface area (Å²) in [6, 6.07) is 12.5. The quantitative estimate of drug-likeness (QED) is 0.849. The van der Waals surface area contributed by atoms with Crippen molar-refractivity contribution in [3.8, 4) is 5.75 Å². The predicted octanol–water partition coefficient (Wildman–Crippen LogP) is 3.45. The molecule has 2 aromatic rings. The Balaban J connectivity index is 1.79. The number of hydrogen-bond acceptors (Lipinski definition) is 4. The number of imide groups is 1. The van der Waals surface area contributed by atoms with Crippen molar-refractivity contribution >= 4 is 23.2 Å². The van der Waals surface area contributed by atoms with Crippen molar-refractivity contribution in [3.63, 3.8) is 0 Å². The molecule has 2 amide bonds. The summed E-state index contributed by atoms with van der Waals surface area (Å²) < 4.78 is 5.40. The first-order chi connectivity index (χ1) is 12.0. The number of benzene rings is 2. The van der Waals surface area contributed by atoms with E-state index in [0.29, 0.717) is 12.3 Å². The number of anilines is 2. The maximum Gasteiger partial charge on any atom is 0.256 e. The highest BCUT2D eigenvalue weighted by molar-refractivity contribution is 6.23. The summed E-state index contributed by atoms with van der Waals surface area (Å²) in [7, 11) is 0. The molecule has 0 aliphatic carbocycles. The molecule has 0 radical (unpaired) electrons. The Kier molecular flexibility index (Phi) is 4.74. The second kappa shape index (κ2) is 6.97. The molecule has 0 spiro atoms. The van der Waals surface area contributed by atoms with Gasteiger partial charge in [-0.1, -0.05) is 12.1 Å². The highest BCUT2D eigenvalue weighted by Crippen LogP contribution is 2.27. The highest BCUT2D eigenvalue weighted by atomic mass is 16.5. The minimum atomic E-state index is -0.542. The Bertz CT molecular complexity index is 799. The summed E-state index contributed by atoms with van der Waals surface area (Å²) >= 11 is 0. The third kappa shape index (κ3) is 3.50. The minimum Gasteiger partial charge on any atom is -0.494 e. The minimum absolute atomic E-state index is 0.152. The third-order valence-corrected chi connectivity index (χ3v) is 4.28. The lowest BCUT2D eigenvalue weighted by molar-refractivity contribution is -0.121. The van der Waals surface area contributed by atoms with E-state index < -0.39 is 6.04 Å². The van der Waals surface area contributed by atoms with Crippen LogP contribution in [0.3, 0.4) is 0 Å². The molecule has 1 saturated heterocycles. The molecule has 1 aliphatic rings. The van der Waals surface area contributed by atoms with Gasteiger partial charge in [-0.15, -0.1) is 0 Å². The molecule has 25 heavy (non-hydrogen) atoms. The van der Waals surface area contributed by atoms with E-state index in [0.717, 1.165) is 22.6 Å². The molecule has 5 heteroatoms. The van der Waals surface area contributed by atoms with Gasteiger partial charge >= 0.3 is 0 Å². The molecular formula is C20H22N2O3. The van der Waals surface area contributed by atoms with Crippen LogP contribution in [0.4, 0.5) is 11.4 Å². The zero-order valence-corrected chi connectivity index (χ0v) is 14.7. The molecule has 1 fully saturated rings. The van der Waals surface area contributed by atoms with E-state index in [1.165, 1.54) is 4.90 Å². The van der Waals surface area contributed by atoms with Crippen molar-refractivity contribution in [3.05, 3.63) is 53.6 Å². The molecule has 1 aliphatic heterocycles. The standard InChI is InChI=1S/C20H22N2O3/c1-4-25-16-9-7-15(8-10-16)22-19(23)12-18(20(22)24)21-17-11-13(2)5-6-14(17)3/h5-11,18,21H,4,12H2,1-3H3/t18-/m1/s1. The van der Waals surface area contributed by atoms with Crippen molar-refractivity contribution in [2.45, 2.75) is 33.2 Å². The van der Waals surface area contributed by atoms with Gasteiger partial charge in [0.05, 0.1) is 18.7 Å². The maximum absolute atomic E-state index is 12.7. The number of carbonyl (C=O) groups is 2. The fourth-order valence-electron chi connectivity index (χ4n) is 2.95. The first-order valence-electron chi connectivity index (χ1n) is 8.43.